The van der Waals surface area contributed by atoms with Crippen molar-refractivity contribution < 1.29 is 14.6 Å². The number of ether oxygens (including phenoxy) is 1. The van der Waals surface area contributed by atoms with E-state index >= 15 is 0 Å². The topological polar surface area (TPSA) is 58.9 Å². The van der Waals surface area contributed by atoms with Gasteiger partial charge in [-0.3, -0.25) is 0 Å². The number of halogens is 1. The van der Waals surface area contributed by atoms with E-state index in [4.69, 9.17) is 9.84 Å². The van der Waals surface area contributed by atoms with Crippen molar-refractivity contribution in [2.45, 2.75) is 12.5 Å². The summed E-state index contributed by atoms with van der Waals surface area (Å²) >= 11 is 3.35. The number of benzene rings is 1. The second kappa shape index (κ2) is 4.65. The van der Waals surface area contributed by atoms with Crippen molar-refractivity contribution in [2.75, 3.05) is 6.61 Å². The Hall–Kier alpha value is -1.36. The molecule has 2 rings (SSSR count). The lowest BCUT2D eigenvalue weighted by atomic mass is 10.1. The molecule has 0 spiro atoms. The number of hydrogen-bond donors (Lipinski definition) is 1. The third-order valence-electron chi connectivity index (χ3n) is 2.26. The van der Waals surface area contributed by atoms with Crippen LogP contribution in [0.25, 0.3) is 0 Å². The van der Waals surface area contributed by atoms with E-state index in [2.05, 4.69) is 20.9 Å². The molecule has 0 bridgehead atoms. The Morgan fingerprint density at radius 3 is 2.75 bits per heavy atom. The third-order valence-corrected chi connectivity index (χ3v) is 2.79. The van der Waals surface area contributed by atoms with Gasteiger partial charge >= 0.3 is 5.97 Å². The van der Waals surface area contributed by atoms with E-state index in [0.29, 0.717) is 12.3 Å². The van der Waals surface area contributed by atoms with Crippen LogP contribution in [0.1, 0.15) is 5.56 Å². The van der Waals surface area contributed by atoms with Crippen LogP contribution in [0.15, 0.2) is 33.7 Å². The Balaban J connectivity index is 2.03. The molecule has 1 N–H and O–H groups in total. The van der Waals surface area contributed by atoms with Crippen LogP contribution in [0, 0.1) is 0 Å². The van der Waals surface area contributed by atoms with E-state index in [1.807, 2.05) is 24.3 Å². The van der Waals surface area contributed by atoms with Crippen LogP contribution in [-0.4, -0.2) is 29.6 Å². The summed E-state index contributed by atoms with van der Waals surface area (Å²) in [6.07, 6.45) is 0.539. The quantitative estimate of drug-likeness (QED) is 0.921. The fourth-order valence-corrected chi connectivity index (χ4v) is 1.69. The number of aliphatic imine (C=N–C) groups is 1. The fourth-order valence-electron chi connectivity index (χ4n) is 1.42. The van der Waals surface area contributed by atoms with Gasteiger partial charge in [0.25, 0.3) is 0 Å². The standard InChI is InChI=1S/C11H10BrNO3/c12-8-3-1-7(2-4-8)5-10-13-9(6-16-10)11(14)15/h1-4,9H,5-6H2,(H,14,15). The maximum Gasteiger partial charge on any atom is 0.332 e. The van der Waals surface area contributed by atoms with Gasteiger partial charge in [0, 0.05) is 10.9 Å². The smallest absolute Gasteiger partial charge is 0.332 e. The summed E-state index contributed by atoms with van der Waals surface area (Å²) in [6.45, 7) is 0.140. The predicted molar refractivity (Wildman–Crippen MR) is 62.7 cm³/mol. The molecule has 1 aromatic carbocycles. The van der Waals surface area contributed by atoms with Crippen molar-refractivity contribution in [3.63, 3.8) is 0 Å². The Kier molecular flexibility index (Phi) is 3.24. The first kappa shape index (κ1) is 11.1. The molecule has 0 aliphatic carbocycles. The summed E-state index contributed by atoms with van der Waals surface area (Å²) in [5, 5.41) is 8.74. The SMILES string of the molecule is O=C(O)C1COC(Cc2ccc(Br)cc2)=N1. The Labute approximate surface area is 101 Å². The zero-order chi connectivity index (χ0) is 11.5. The Morgan fingerprint density at radius 2 is 2.19 bits per heavy atom. The van der Waals surface area contributed by atoms with Crippen molar-refractivity contribution in [1.29, 1.82) is 0 Å². The first-order valence-corrected chi connectivity index (χ1v) is 5.61. The van der Waals surface area contributed by atoms with Gasteiger partial charge in [-0.25, -0.2) is 9.79 Å². The lowest BCUT2D eigenvalue weighted by Gasteiger charge is -2.01. The molecule has 0 amide bonds. The third kappa shape index (κ3) is 2.61. The molecule has 1 unspecified atom stereocenters. The van der Waals surface area contributed by atoms with Crippen LogP contribution in [0.5, 0.6) is 0 Å². The molecule has 0 fully saturated rings. The zero-order valence-corrected chi connectivity index (χ0v) is 9.98. The van der Waals surface area contributed by atoms with Gasteiger partial charge in [0.1, 0.15) is 6.61 Å². The summed E-state index contributed by atoms with van der Waals surface area (Å²) in [5.74, 6) is -0.444. The number of carbonyl (C=O) groups is 1. The van der Waals surface area contributed by atoms with Gasteiger partial charge in [-0.1, -0.05) is 28.1 Å². The summed E-state index contributed by atoms with van der Waals surface area (Å²) in [6, 6.07) is 7.01. The molecule has 1 aliphatic rings. The van der Waals surface area contributed by atoms with Gasteiger partial charge in [0.05, 0.1) is 0 Å². The molecule has 1 atom stereocenters. The van der Waals surface area contributed by atoms with E-state index in [1.54, 1.807) is 0 Å². The number of hydrogen-bond acceptors (Lipinski definition) is 3. The number of carboxylic acid groups (broad SMARTS) is 1. The first-order valence-electron chi connectivity index (χ1n) is 4.82. The van der Waals surface area contributed by atoms with Crippen LogP contribution in [0.2, 0.25) is 0 Å². The highest BCUT2D eigenvalue weighted by Gasteiger charge is 2.24. The van der Waals surface area contributed by atoms with E-state index in [-0.39, 0.29) is 6.61 Å². The van der Waals surface area contributed by atoms with Gasteiger partial charge in [-0.15, -0.1) is 0 Å². The average molecular weight is 284 g/mol. The van der Waals surface area contributed by atoms with Crippen LogP contribution in [0.3, 0.4) is 0 Å². The molecule has 16 heavy (non-hydrogen) atoms. The lowest BCUT2D eigenvalue weighted by molar-refractivity contribution is -0.138. The zero-order valence-electron chi connectivity index (χ0n) is 8.39. The summed E-state index contributed by atoms with van der Waals surface area (Å²) < 4.78 is 6.23. The minimum Gasteiger partial charge on any atom is -0.480 e. The summed E-state index contributed by atoms with van der Waals surface area (Å²) in [4.78, 5) is 14.6. The summed E-state index contributed by atoms with van der Waals surface area (Å²) in [7, 11) is 0. The van der Waals surface area contributed by atoms with Crippen molar-refractivity contribution in [2.24, 2.45) is 4.99 Å². The number of rotatable bonds is 3. The van der Waals surface area contributed by atoms with Gasteiger partial charge in [0.2, 0.25) is 0 Å². The molecule has 5 heteroatoms. The average Bonchev–Trinajstić information content (AvgIpc) is 2.70. The Morgan fingerprint density at radius 1 is 1.50 bits per heavy atom. The first-order chi connectivity index (χ1) is 7.65. The molecular weight excluding hydrogens is 274 g/mol. The second-order valence-corrected chi connectivity index (χ2v) is 4.41. The number of carboxylic acids is 1. The van der Waals surface area contributed by atoms with Gasteiger partial charge in [0.15, 0.2) is 11.9 Å². The lowest BCUT2D eigenvalue weighted by Crippen LogP contribution is -2.18. The van der Waals surface area contributed by atoms with Crippen molar-refractivity contribution in [3.8, 4) is 0 Å². The molecular formula is C11H10BrNO3. The minimum atomic E-state index is -0.939. The fraction of sp³-hybridized carbons (Fsp3) is 0.273. The highest BCUT2D eigenvalue weighted by Crippen LogP contribution is 2.13. The maximum absolute atomic E-state index is 10.7. The molecule has 1 aromatic rings. The molecule has 0 radical (unpaired) electrons. The molecule has 0 saturated heterocycles. The molecule has 4 nitrogen and oxygen atoms in total. The maximum atomic E-state index is 10.7. The molecule has 1 heterocycles. The molecule has 1 aliphatic heterocycles. The van der Waals surface area contributed by atoms with Crippen LogP contribution in [-0.2, 0) is 16.0 Å². The number of aliphatic carboxylic acids is 1. The van der Waals surface area contributed by atoms with E-state index < -0.39 is 12.0 Å². The normalized spacial score (nSPS) is 19.1. The van der Waals surface area contributed by atoms with Crippen LogP contribution >= 0.6 is 15.9 Å². The van der Waals surface area contributed by atoms with Crippen molar-refractivity contribution >= 4 is 27.8 Å². The van der Waals surface area contributed by atoms with Crippen molar-refractivity contribution in [1.82, 2.24) is 0 Å². The monoisotopic (exact) mass is 283 g/mol. The van der Waals surface area contributed by atoms with Crippen molar-refractivity contribution in [3.05, 3.63) is 34.3 Å². The van der Waals surface area contributed by atoms with E-state index in [0.717, 1.165) is 10.0 Å². The van der Waals surface area contributed by atoms with E-state index in [9.17, 15) is 4.79 Å². The predicted octanol–water partition coefficient (Wildman–Crippen LogP) is 1.87. The largest absolute Gasteiger partial charge is 0.480 e. The molecule has 0 saturated carbocycles. The van der Waals surface area contributed by atoms with Gasteiger partial charge < -0.3 is 9.84 Å². The van der Waals surface area contributed by atoms with Crippen LogP contribution < -0.4 is 0 Å². The Bertz CT molecular complexity index is 427. The summed E-state index contributed by atoms with van der Waals surface area (Å²) in [5.41, 5.74) is 1.05. The molecule has 0 aromatic heterocycles. The minimum absolute atomic E-state index is 0.140. The van der Waals surface area contributed by atoms with E-state index in [1.165, 1.54) is 0 Å². The highest BCUT2D eigenvalue weighted by atomic mass is 79.9. The second-order valence-electron chi connectivity index (χ2n) is 3.49. The number of nitrogens with zero attached hydrogens (tertiary/aromatic N) is 1. The highest BCUT2D eigenvalue weighted by molar-refractivity contribution is 9.10. The van der Waals surface area contributed by atoms with Crippen LogP contribution in [0.4, 0.5) is 0 Å². The van der Waals surface area contributed by atoms with Gasteiger partial charge in [-0.2, -0.15) is 0 Å². The molecule has 84 valence electrons. The van der Waals surface area contributed by atoms with Gasteiger partial charge in [-0.05, 0) is 17.7 Å².